The predicted octanol–water partition coefficient (Wildman–Crippen LogP) is 0.978. The van der Waals surface area contributed by atoms with Crippen LogP contribution in [0.25, 0.3) is 0 Å². The highest BCUT2D eigenvalue weighted by Crippen LogP contribution is 2.45. The lowest BCUT2D eigenvalue weighted by Gasteiger charge is -2.46. The van der Waals surface area contributed by atoms with Crippen LogP contribution in [0.5, 0.6) is 0 Å². The van der Waals surface area contributed by atoms with Crippen LogP contribution >= 0.6 is 0 Å². The third-order valence-electron chi connectivity index (χ3n) is 3.59. The third-order valence-corrected chi connectivity index (χ3v) is 3.59. The molecule has 2 aliphatic rings. The van der Waals surface area contributed by atoms with E-state index in [0.717, 1.165) is 38.8 Å². The number of piperidine rings is 1. The Balaban J connectivity index is 1.96. The highest BCUT2D eigenvalue weighted by Gasteiger charge is 2.47. The van der Waals surface area contributed by atoms with Crippen molar-refractivity contribution in [2.45, 2.75) is 32.6 Å². The lowest BCUT2D eigenvalue weighted by Crippen LogP contribution is -2.50. The average Bonchev–Trinajstić information content (AvgIpc) is 2.15. The van der Waals surface area contributed by atoms with Crippen molar-refractivity contribution in [3.63, 3.8) is 0 Å². The number of hydrogen-bond acceptors (Lipinski definition) is 2. The Morgan fingerprint density at radius 2 is 1.92 bits per heavy atom. The molecular formula is C10H15NO2. The molecule has 1 saturated heterocycles. The maximum atomic E-state index is 11.4. The van der Waals surface area contributed by atoms with Crippen LogP contribution in [0.15, 0.2) is 0 Å². The molecule has 0 N–H and O–H groups in total. The largest absolute Gasteiger partial charge is 0.343 e. The zero-order valence-corrected chi connectivity index (χ0v) is 8.01. The van der Waals surface area contributed by atoms with Crippen molar-refractivity contribution in [2.24, 2.45) is 5.41 Å². The summed E-state index contributed by atoms with van der Waals surface area (Å²) in [7, 11) is 0. The Hall–Kier alpha value is -0.860. The van der Waals surface area contributed by atoms with Gasteiger partial charge < -0.3 is 4.90 Å². The van der Waals surface area contributed by atoms with Crippen molar-refractivity contribution in [3.05, 3.63) is 0 Å². The summed E-state index contributed by atoms with van der Waals surface area (Å²) >= 11 is 0. The monoisotopic (exact) mass is 181 g/mol. The third kappa shape index (κ3) is 1.26. The summed E-state index contributed by atoms with van der Waals surface area (Å²) in [5, 5.41) is 0. The zero-order valence-electron chi connectivity index (χ0n) is 8.01. The van der Waals surface area contributed by atoms with Crippen molar-refractivity contribution in [3.8, 4) is 0 Å². The number of carbonyl (C=O) groups is 2. The fraction of sp³-hybridized carbons (Fsp3) is 0.800. The number of amides is 1. The molecule has 1 spiro atoms. The summed E-state index contributed by atoms with van der Waals surface area (Å²) < 4.78 is 0. The lowest BCUT2D eigenvalue weighted by atomic mass is 9.62. The molecule has 0 aromatic heterocycles. The van der Waals surface area contributed by atoms with Gasteiger partial charge in [0.25, 0.3) is 0 Å². The van der Waals surface area contributed by atoms with Crippen LogP contribution < -0.4 is 0 Å². The molecule has 0 radical (unpaired) electrons. The Kier molecular flexibility index (Phi) is 1.90. The molecule has 1 amide bonds. The molecule has 1 heterocycles. The molecule has 2 fully saturated rings. The van der Waals surface area contributed by atoms with Gasteiger partial charge in [-0.05, 0) is 19.3 Å². The lowest BCUT2D eigenvalue weighted by molar-refractivity contribution is -0.146. The highest BCUT2D eigenvalue weighted by atomic mass is 16.2. The van der Waals surface area contributed by atoms with Gasteiger partial charge >= 0.3 is 0 Å². The SMILES string of the molecule is CC(=O)N1CCC2(CCC2=O)CC1. The van der Waals surface area contributed by atoms with E-state index >= 15 is 0 Å². The quantitative estimate of drug-likeness (QED) is 0.558. The minimum Gasteiger partial charge on any atom is -0.343 e. The number of Topliss-reactive ketones (excluding diaryl/α,β-unsaturated/α-hetero) is 1. The van der Waals surface area contributed by atoms with Gasteiger partial charge in [-0.2, -0.15) is 0 Å². The molecule has 13 heavy (non-hydrogen) atoms. The van der Waals surface area contributed by atoms with E-state index in [-0.39, 0.29) is 11.3 Å². The van der Waals surface area contributed by atoms with Crippen molar-refractivity contribution >= 4 is 11.7 Å². The first-order valence-corrected chi connectivity index (χ1v) is 4.93. The van der Waals surface area contributed by atoms with Crippen LogP contribution in [0.4, 0.5) is 0 Å². The summed E-state index contributed by atoms with van der Waals surface area (Å²) in [5.74, 6) is 0.567. The molecule has 0 unspecified atom stereocenters. The van der Waals surface area contributed by atoms with Gasteiger partial charge in [0.2, 0.25) is 5.91 Å². The maximum absolute atomic E-state index is 11.4. The average molecular weight is 181 g/mol. The molecule has 0 bridgehead atoms. The Bertz CT molecular complexity index is 252. The molecule has 1 saturated carbocycles. The van der Waals surface area contributed by atoms with E-state index in [1.807, 2.05) is 4.90 Å². The Morgan fingerprint density at radius 3 is 2.23 bits per heavy atom. The zero-order chi connectivity index (χ0) is 9.47. The maximum Gasteiger partial charge on any atom is 0.219 e. The van der Waals surface area contributed by atoms with Gasteiger partial charge in [0.1, 0.15) is 5.78 Å². The van der Waals surface area contributed by atoms with E-state index in [1.165, 1.54) is 0 Å². The summed E-state index contributed by atoms with van der Waals surface area (Å²) in [6.07, 6.45) is 3.61. The first kappa shape index (κ1) is 8.73. The second-order valence-corrected chi connectivity index (χ2v) is 4.21. The van der Waals surface area contributed by atoms with E-state index < -0.39 is 0 Å². The van der Waals surface area contributed by atoms with Crippen LogP contribution in [0.2, 0.25) is 0 Å². The molecule has 0 aromatic rings. The number of ketones is 1. The molecular weight excluding hydrogens is 166 g/mol. The van der Waals surface area contributed by atoms with Crippen molar-refractivity contribution < 1.29 is 9.59 Å². The van der Waals surface area contributed by atoms with Crippen molar-refractivity contribution in [2.75, 3.05) is 13.1 Å². The summed E-state index contributed by atoms with van der Waals surface area (Å²) in [5.41, 5.74) is -0.00799. The molecule has 72 valence electrons. The molecule has 0 atom stereocenters. The molecule has 0 aromatic carbocycles. The number of nitrogens with zero attached hydrogens (tertiary/aromatic N) is 1. The van der Waals surface area contributed by atoms with Crippen LogP contribution in [0.3, 0.4) is 0 Å². The standard InChI is InChI=1S/C10H15NO2/c1-8(12)11-6-4-10(5-7-11)3-2-9(10)13/h2-7H2,1H3. The van der Waals surface area contributed by atoms with Gasteiger partial charge in [-0.1, -0.05) is 0 Å². The number of carbonyl (C=O) groups excluding carboxylic acids is 2. The van der Waals surface area contributed by atoms with Gasteiger partial charge in [-0.25, -0.2) is 0 Å². The highest BCUT2D eigenvalue weighted by molar-refractivity contribution is 5.90. The van der Waals surface area contributed by atoms with E-state index in [2.05, 4.69) is 0 Å². The second kappa shape index (κ2) is 2.82. The fourth-order valence-corrected chi connectivity index (χ4v) is 2.36. The summed E-state index contributed by atoms with van der Waals surface area (Å²) in [6.45, 7) is 3.16. The predicted molar refractivity (Wildman–Crippen MR) is 48.2 cm³/mol. The van der Waals surface area contributed by atoms with E-state index in [4.69, 9.17) is 0 Å². The molecule has 1 aliphatic heterocycles. The second-order valence-electron chi connectivity index (χ2n) is 4.21. The van der Waals surface area contributed by atoms with Crippen molar-refractivity contribution in [1.82, 2.24) is 4.90 Å². The Labute approximate surface area is 78.1 Å². The van der Waals surface area contributed by atoms with Gasteiger partial charge in [0.15, 0.2) is 0 Å². The Morgan fingerprint density at radius 1 is 1.31 bits per heavy atom. The summed E-state index contributed by atoms with van der Waals surface area (Å²) in [6, 6.07) is 0. The first-order valence-electron chi connectivity index (χ1n) is 4.93. The van der Waals surface area contributed by atoms with Crippen LogP contribution in [-0.4, -0.2) is 29.7 Å². The van der Waals surface area contributed by atoms with Crippen LogP contribution in [0, 0.1) is 5.41 Å². The van der Waals surface area contributed by atoms with Gasteiger partial charge in [0, 0.05) is 31.8 Å². The minimum absolute atomic E-state index is 0.00799. The van der Waals surface area contributed by atoms with Crippen LogP contribution in [-0.2, 0) is 9.59 Å². The van der Waals surface area contributed by atoms with Crippen molar-refractivity contribution in [1.29, 1.82) is 0 Å². The number of rotatable bonds is 0. The number of likely N-dealkylation sites (tertiary alicyclic amines) is 1. The first-order chi connectivity index (χ1) is 6.14. The number of hydrogen-bond donors (Lipinski definition) is 0. The minimum atomic E-state index is -0.00799. The normalized spacial score (nSPS) is 25.9. The molecule has 3 heteroatoms. The van der Waals surface area contributed by atoms with Gasteiger partial charge in [0.05, 0.1) is 0 Å². The molecule has 3 nitrogen and oxygen atoms in total. The fourth-order valence-electron chi connectivity index (χ4n) is 2.36. The molecule has 1 aliphatic carbocycles. The van der Waals surface area contributed by atoms with E-state index in [0.29, 0.717) is 5.78 Å². The summed E-state index contributed by atoms with van der Waals surface area (Å²) in [4.78, 5) is 24.3. The van der Waals surface area contributed by atoms with Gasteiger partial charge in [-0.3, -0.25) is 9.59 Å². The van der Waals surface area contributed by atoms with E-state index in [1.54, 1.807) is 6.92 Å². The smallest absolute Gasteiger partial charge is 0.219 e. The topological polar surface area (TPSA) is 37.4 Å². The molecule has 2 rings (SSSR count). The van der Waals surface area contributed by atoms with Gasteiger partial charge in [-0.15, -0.1) is 0 Å². The van der Waals surface area contributed by atoms with E-state index in [9.17, 15) is 9.59 Å². The van der Waals surface area contributed by atoms with Crippen LogP contribution in [0.1, 0.15) is 32.6 Å².